The lowest BCUT2D eigenvalue weighted by atomic mass is 9.94. The van der Waals surface area contributed by atoms with Crippen molar-refractivity contribution in [3.63, 3.8) is 0 Å². The number of carbonyl (C=O) groups excluding carboxylic acids is 3. The van der Waals surface area contributed by atoms with Crippen molar-refractivity contribution in [3.05, 3.63) is 35.4 Å². The van der Waals surface area contributed by atoms with Crippen molar-refractivity contribution < 1.29 is 23.9 Å². The second-order valence-corrected chi connectivity index (χ2v) is 4.12. The summed E-state index contributed by atoms with van der Waals surface area (Å²) in [5.74, 6) is -3.91. The van der Waals surface area contributed by atoms with E-state index < -0.39 is 23.6 Å². The van der Waals surface area contributed by atoms with Crippen LogP contribution in [-0.2, 0) is 19.1 Å². The highest BCUT2D eigenvalue weighted by Gasteiger charge is 2.37. The van der Waals surface area contributed by atoms with Crippen LogP contribution in [-0.4, -0.2) is 30.9 Å². The van der Waals surface area contributed by atoms with Crippen molar-refractivity contribution in [1.82, 2.24) is 0 Å². The molecule has 0 atom stereocenters. The van der Waals surface area contributed by atoms with Crippen LogP contribution in [0.4, 0.5) is 0 Å². The fourth-order valence-electron chi connectivity index (χ4n) is 1.77. The van der Waals surface area contributed by atoms with E-state index in [-0.39, 0.29) is 13.2 Å². The summed E-state index contributed by atoms with van der Waals surface area (Å²) >= 11 is 0. The van der Waals surface area contributed by atoms with E-state index in [0.29, 0.717) is 11.1 Å². The Morgan fingerprint density at radius 1 is 1.00 bits per heavy atom. The first-order valence-corrected chi connectivity index (χ1v) is 6.46. The molecule has 0 aliphatic carbocycles. The topological polar surface area (TPSA) is 69.7 Å². The Kier molecular flexibility index (Phi) is 5.90. The molecule has 0 spiro atoms. The number of ether oxygens (including phenoxy) is 2. The highest BCUT2D eigenvalue weighted by molar-refractivity contribution is 6.21. The second kappa shape index (κ2) is 7.43. The van der Waals surface area contributed by atoms with Gasteiger partial charge >= 0.3 is 11.9 Å². The van der Waals surface area contributed by atoms with E-state index in [1.807, 2.05) is 0 Å². The first-order chi connectivity index (χ1) is 9.52. The monoisotopic (exact) mass is 278 g/mol. The molecule has 1 aromatic carbocycles. The van der Waals surface area contributed by atoms with Crippen molar-refractivity contribution in [2.75, 3.05) is 13.2 Å². The molecule has 1 rings (SSSR count). The lowest BCUT2D eigenvalue weighted by Crippen LogP contribution is -2.35. The summed E-state index contributed by atoms with van der Waals surface area (Å²) in [5, 5.41) is 0. The third-order valence-electron chi connectivity index (χ3n) is 2.72. The van der Waals surface area contributed by atoms with E-state index in [1.54, 1.807) is 45.0 Å². The predicted molar refractivity (Wildman–Crippen MR) is 72.3 cm³/mol. The average Bonchev–Trinajstić information content (AvgIpc) is 2.40. The van der Waals surface area contributed by atoms with Gasteiger partial charge in [-0.05, 0) is 26.3 Å². The van der Waals surface area contributed by atoms with Gasteiger partial charge in [0.05, 0.1) is 13.2 Å². The van der Waals surface area contributed by atoms with E-state index in [4.69, 9.17) is 9.47 Å². The molecule has 0 N–H and O–H groups in total. The Bertz CT molecular complexity index is 489. The molecule has 0 radical (unpaired) electrons. The standard InChI is InChI=1S/C15H18O5/c1-4-19-14(17)12(15(18)20-5-2)13(16)11-9-7-6-8-10(11)3/h6-9,12H,4-5H2,1-3H3. The molecule has 0 heterocycles. The fraction of sp³-hybridized carbons (Fsp3) is 0.400. The molecule has 20 heavy (non-hydrogen) atoms. The molecule has 0 aromatic heterocycles. The number of ketones is 1. The third-order valence-corrected chi connectivity index (χ3v) is 2.72. The van der Waals surface area contributed by atoms with Crippen LogP contribution in [0, 0.1) is 12.8 Å². The van der Waals surface area contributed by atoms with Crippen LogP contribution in [0.15, 0.2) is 24.3 Å². The molecule has 0 fully saturated rings. The van der Waals surface area contributed by atoms with Crippen molar-refractivity contribution in [3.8, 4) is 0 Å². The van der Waals surface area contributed by atoms with Gasteiger partial charge in [-0.3, -0.25) is 14.4 Å². The van der Waals surface area contributed by atoms with E-state index in [1.165, 1.54) is 0 Å². The summed E-state index contributed by atoms with van der Waals surface area (Å²) in [6.07, 6.45) is 0. The van der Waals surface area contributed by atoms with E-state index >= 15 is 0 Å². The Hall–Kier alpha value is -2.17. The van der Waals surface area contributed by atoms with Crippen LogP contribution >= 0.6 is 0 Å². The minimum atomic E-state index is -1.56. The van der Waals surface area contributed by atoms with Crippen LogP contribution < -0.4 is 0 Å². The van der Waals surface area contributed by atoms with Gasteiger partial charge in [-0.25, -0.2) is 0 Å². The van der Waals surface area contributed by atoms with Gasteiger partial charge < -0.3 is 9.47 Å². The number of hydrogen-bond acceptors (Lipinski definition) is 5. The largest absolute Gasteiger partial charge is 0.465 e. The third kappa shape index (κ3) is 3.66. The van der Waals surface area contributed by atoms with Crippen molar-refractivity contribution >= 4 is 17.7 Å². The summed E-state index contributed by atoms with van der Waals surface area (Å²) in [7, 11) is 0. The molecule has 5 heteroatoms. The first kappa shape index (κ1) is 15.9. The molecule has 0 amide bonds. The SMILES string of the molecule is CCOC(=O)C(C(=O)OCC)C(=O)c1ccccc1C. The second-order valence-electron chi connectivity index (χ2n) is 4.12. The van der Waals surface area contributed by atoms with Crippen molar-refractivity contribution in [1.29, 1.82) is 0 Å². The molecule has 1 aromatic rings. The summed E-state index contributed by atoms with van der Waals surface area (Å²) in [4.78, 5) is 36.1. The Balaban J connectivity index is 3.10. The van der Waals surface area contributed by atoms with E-state index in [0.717, 1.165) is 0 Å². The highest BCUT2D eigenvalue weighted by atomic mass is 16.6. The zero-order valence-electron chi connectivity index (χ0n) is 11.8. The summed E-state index contributed by atoms with van der Waals surface area (Å²) < 4.78 is 9.59. The zero-order chi connectivity index (χ0) is 15.1. The van der Waals surface area contributed by atoms with Gasteiger partial charge in [-0.1, -0.05) is 24.3 Å². The molecule has 0 saturated heterocycles. The van der Waals surface area contributed by atoms with Gasteiger partial charge in [-0.15, -0.1) is 0 Å². The van der Waals surface area contributed by atoms with Gasteiger partial charge in [0.2, 0.25) is 5.92 Å². The van der Waals surface area contributed by atoms with Gasteiger partial charge in [0.15, 0.2) is 5.78 Å². The Morgan fingerprint density at radius 3 is 1.95 bits per heavy atom. The maximum Gasteiger partial charge on any atom is 0.328 e. The normalized spacial score (nSPS) is 10.2. The molecule has 0 aliphatic heterocycles. The van der Waals surface area contributed by atoms with Gasteiger partial charge in [0, 0.05) is 5.56 Å². The lowest BCUT2D eigenvalue weighted by Gasteiger charge is -2.14. The summed E-state index contributed by atoms with van der Waals surface area (Å²) in [5.41, 5.74) is 1.01. The van der Waals surface area contributed by atoms with Crippen LogP contribution in [0.1, 0.15) is 29.8 Å². The summed E-state index contributed by atoms with van der Waals surface area (Å²) in [6, 6.07) is 6.76. The maximum absolute atomic E-state index is 12.4. The number of esters is 2. The number of rotatable bonds is 6. The molecule has 108 valence electrons. The maximum atomic E-state index is 12.4. The van der Waals surface area contributed by atoms with E-state index in [9.17, 15) is 14.4 Å². The number of Topliss-reactive ketones (excluding diaryl/α,β-unsaturated/α-hetero) is 1. The fourth-order valence-corrected chi connectivity index (χ4v) is 1.77. The number of aryl methyl sites for hydroxylation is 1. The Labute approximate surface area is 117 Å². The number of benzene rings is 1. The molecule has 0 bridgehead atoms. The minimum absolute atomic E-state index is 0.0930. The van der Waals surface area contributed by atoms with Crippen molar-refractivity contribution in [2.24, 2.45) is 5.92 Å². The zero-order valence-corrected chi connectivity index (χ0v) is 11.8. The first-order valence-electron chi connectivity index (χ1n) is 6.46. The highest BCUT2D eigenvalue weighted by Crippen LogP contribution is 2.16. The molecule has 0 saturated carbocycles. The van der Waals surface area contributed by atoms with Crippen LogP contribution in [0.3, 0.4) is 0 Å². The molecule has 5 nitrogen and oxygen atoms in total. The molecular formula is C15H18O5. The molecule has 0 aliphatic rings. The van der Waals surface area contributed by atoms with Crippen LogP contribution in [0.25, 0.3) is 0 Å². The van der Waals surface area contributed by atoms with Crippen LogP contribution in [0.2, 0.25) is 0 Å². The van der Waals surface area contributed by atoms with E-state index in [2.05, 4.69) is 0 Å². The van der Waals surface area contributed by atoms with Crippen LogP contribution in [0.5, 0.6) is 0 Å². The number of carbonyl (C=O) groups is 3. The lowest BCUT2D eigenvalue weighted by molar-refractivity contribution is -0.158. The molecule has 0 unspecified atom stereocenters. The quantitative estimate of drug-likeness (QED) is 0.451. The molecular weight excluding hydrogens is 260 g/mol. The Morgan fingerprint density at radius 2 is 1.50 bits per heavy atom. The average molecular weight is 278 g/mol. The van der Waals surface area contributed by atoms with Crippen molar-refractivity contribution in [2.45, 2.75) is 20.8 Å². The van der Waals surface area contributed by atoms with Gasteiger partial charge in [0.25, 0.3) is 0 Å². The minimum Gasteiger partial charge on any atom is -0.465 e. The smallest absolute Gasteiger partial charge is 0.328 e. The van der Waals surface area contributed by atoms with Gasteiger partial charge in [-0.2, -0.15) is 0 Å². The predicted octanol–water partition coefficient (Wildman–Crippen LogP) is 1.92. The van der Waals surface area contributed by atoms with Gasteiger partial charge in [0.1, 0.15) is 0 Å². The number of hydrogen-bond donors (Lipinski definition) is 0. The summed E-state index contributed by atoms with van der Waals surface area (Å²) in [6.45, 7) is 5.14.